The van der Waals surface area contributed by atoms with Crippen LogP contribution < -0.4 is 5.32 Å². The third kappa shape index (κ3) is 3.58. The number of pyridine rings is 1. The molecule has 0 radical (unpaired) electrons. The maximum absolute atomic E-state index is 13.7. The third-order valence-electron chi connectivity index (χ3n) is 3.11. The van der Waals surface area contributed by atoms with Gasteiger partial charge in [-0.3, -0.25) is 4.79 Å². The minimum absolute atomic E-state index is 0.0209. The minimum atomic E-state index is -1.71. The normalized spacial score (nSPS) is 13.5. The Bertz CT molecular complexity index is 708. The molecule has 0 aliphatic rings. The van der Waals surface area contributed by atoms with Crippen LogP contribution in [0.3, 0.4) is 0 Å². The summed E-state index contributed by atoms with van der Waals surface area (Å²) in [5.41, 5.74) is -1.69. The van der Waals surface area contributed by atoms with E-state index in [0.717, 1.165) is 12.1 Å². The summed E-state index contributed by atoms with van der Waals surface area (Å²) in [6.45, 7) is 1.04. The lowest BCUT2D eigenvalue weighted by Gasteiger charge is -2.24. The molecule has 1 unspecified atom stereocenters. The van der Waals surface area contributed by atoms with Crippen LogP contribution >= 0.6 is 11.6 Å². The number of nitrogens with one attached hydrogen (secondary N) is 1. The van der Waals surface area contributed by atoms with Crippen molar-refractivity contribution < 1.29 is 18.7 Å². The second kappa shape index (κ2) is 6.37. The predicted molar refractivity (Wildman–Crippen MR) is 77.5 cm³/mol. The van der Waals surface area contributed by atoms with Crippen LogP contribution in [0.1, 0.15) is 22.8 Å². The van der Waals surface area contributed by atoms with Gasteiger partial charge in [0.05, 0.1) is 12.1 Å². The first-order chi connectivity index (χ1) is 10.3. The first-order valence-electron chi connectivity index (χ1n) is 6.38. The molecule has 1 aromatic heterocycles. The zero-order chi connectivity index (χ0) is 16.3. The minimum Gasteiger partial charge on any atom is -0.383 e. The van der Waals surface area contributed by atoms with Crippen LogP contribution in [0.25, 0.3) is 0 Å². The van der Waals surface area contributed by atoms with Crippen molar-refractivity contribution in [2.75, 3.05) is 6.54 Å². The van der Waals surface area contributed by atoms with Crippen molar-refractivity contribution in [2.45, 2.75) is 12.5 Å². The first-order valence-corrected chi connectivity index (χ1v) is 6.75. The molecule has 1 atom stereocenters. The van der Waals surface area contributed by atoms with E-state index in [1.807, 2.05) is 0 Å². The Kier molecular flexibility index (Phi) is 4.73. The highest BCUT2D eigenvalue weighted by atomic mass is 35.5. The fraction of sp³-hybridized carbons (Fsp3) is 0.200. The van der Waals surface area contributed by atoms with Crippen molar-refractivity contribution in [1.29, 1.82) is 0 Å². The van der Waals surface area contributed by atoms with Crippen molar-refractivity contribution in [2.24, 2.45) is 0 Å². The van der Waals surface area contributed by atoms with Crippen LogP contribution in [-0.2, 0) is 5.60 Å². The molecule has 4 nitrogen and oxygen atoms in total. The zero-order valence-corrected chi connectivity index (χ0v) is 12.4. The van der Waals surface area contributed by atoms with Crippen molar-refractivity contribution in [3.63, 3.8) is 0 Å². The molecular formula is C15H13ClF2N2O2. The van der Waals surface area contributed by atoms with Gasteiger partial charge >= 0.3 is 0 Å². The maximum atomic E-state index is 13.7. The van der Waals surface area contributed by atoms with Crippen LogP contribution in [0, 0.1) is 11.6 Å². The molecule has 116 valence electrons. The van der Waals surface area contributed by atoms with Gasteiger partial charge in [-0.1, -0.05) is 17.7 Å². The Morgan fingerprint density at radius 2 is 2.14 bits per heavy atom. The van der Waals surface area contributed by atoms with Crippen molar-refractivity contribution >= 4 is 17.5 Å². The molecule has 1 heterocycles. The number of nitrogens with zero attached hydrogens (tertiary/aromatic N) is 1. The van der Waals surface area contributed by atoms with Gasteiger partial charge in [-0.2, -0.15) is 0 Å². The van der Waals surface area contributed by atoms with E-state index >= 15 is 0 Å². The summed E-state index contributed by atoms with van der Waals surface area (Å²) in [6, 6.07) is 5.85. The molecule has 1 amide bonds. The number of rotatable bonds is 4. The number of aliphatic hydroxyl groups is 1. The third-order valence-corrected chi connectivity index (χ3v) is 3.41. The number of hydrogen-bond donors (Lipinski definition) is 2. The average Bonchev–Trinajstić information content (AvgIpc) is 2.45. The number of halogens is 3. The fourth-order valence-electron chi connectivity index (χ4n) is 1.92. The van der Waals surface area contributed by atoms with Gasteiger partial charge in [-0.25, -0.2) is 13.8 Å². The van der Waals surface area contributed by atoms with E-state index in [4.69, 9.17) is 11.6 Å². The van der Waals surface area contributed by atoms with E-state index in [2.05, 4.69) is 10.3 Å². The summed E-state index contributed by atoms with van der Waals surface area (Å²) >= 11 is 5.79. The molecule has 0 saturated heterocycles. The highest BCUT2D eigenvalue weighted by Gasteiger charge is 2.28. The van der Waals surface area contributed by atoms with E-state index < -0.39 is 23.1 Å². The van der Waals surface area contributed by atoms with Crippen LogP contribution in [0.2, 0.25) is 5.15 Å². The lowest BCUT2D eigenvalue weighted by Crippen LogP contribution is -2.39. The molecule has 0 bridgehead atoms. The summed E-state index contributed by atoms with van der Waals surface area (Å²) in [5, 5.41) is 12.8. The Hall–Kier alpha value is -2.05. The van der Waals surface area contributed by atoms with Crippen LogP contribution in [-0.4, -0.2) is 22.5 Å². The summed E-state index contributed by atoms with van der Waals surface area (Å²) in [5.74, 6) is -2.19. The Labute approximate surface area is 130 Å². The zero-order valence-electron chi connectivity index (χ0n) is 11.6. The van der Waals surface area contributed by atoms with Gasteiger partial charge in [0, 0.05) is 17.8 Å². The highest BCUT2D eigenvalue weighted by Crippen LogP contribution is 2.23. The van der Waals surface area contributed by atoms with Crippen LogP contribution in [0.4, 0.5) is 8.78 Å². The second-order valence-corrected chi connectivity index (χ2v) is 5.28. The largest absolute Gasteiger partial charge is 0.383 e. The van der Waals surface area contributed by atoms with E-state index in [1.54, 1.807) is 6.07 Å². The molecule has 0 spiro atoms. The predicted octanol–water partition coefficient (Wildman–Crippen LogP) is 2.65. The van der Waals surface area contributed by atoms with Crippen LogP contribution in [0.15, 0.2) is 36.5 Å². The van der Waals surface area contributed by atoms with Gasteiger partial charge in [-0.15, -0.1) is 0 Å². The average molecular weight is 327 g/mol. The lowest BCUT2D eigenvalue weighted by atomic mass is 9.95. The van der Waals surface area contributed by atoms with Gasteiger partial charge in [0.1, 0.15) is 22.4 Å². The molecule has 0 aliphatic carbocycles. The number of carbonyl (C=O) groups is 1. The first kappa shape index (κ1) is 16.3. The maximum Gasteiger partial charge on any atom is 0.254 e. The quantitative estimate of drug-likeness (QED) is 0.849. The fourth-order valence-corrected chi connectivity index (χ4v) is 2.13. The lowest BCUT2D eigenvalue weighted by molar-refractivity contribution is 0.0494. The topological polar surface area (TPSA) is 62.2 Å². The van der Waals surface area contributed by atoms with E-state index in [0.29, 0.717) is 6.07 Å². The van der Waals surface area contributed by atoms with Crippen molar-refractivity contribution in [3.05, 3.63) is 64.4 Å². The van der Waals surface area contributed by atoms with E-state index in [9.17, 15) is 18.7 Å². The molecule has 0 saturated carbocycles. The molecular weight excluding hydrogens is 314 g/mol. The molecule has 0 fully saturated rings. The number of hydrogen-bond acceptors (Lipinski definition) is 3. The van der Waals surface area contributed by atoms with E-state index in [1.165, 1.54) is 19.2 Å². The van der Waals surface area contributed by atoms with Crippen molar-refractivity contribution in [1.82, 2.24) is 10.3 Å². The van der Waals surface area contributed by atoms with Gasteiger partial charge in [0.25, 0.3) is 5.91 Å². The monoisotopic (exact) mass is 326 g/mol. The molecule has 0 aliphatic heterocycles. The van der Waals surface area contributed by atoms with E-state index in [-0.39, 0.29) is 22.8 Å². The summed E-state index contributed by atoms with van der Waals surface area (Å²) in [6.07, 6.45) is 1.43. The molecule has 1 aromatic carbocycles. The van der Waals surface area contributed by atoms with Gasteiger partial charge in [-0.05, 0) is 25.1 Å². The molecule has 22 heavy (non-hydrogen) atoms. The Balaban J connectivity index is 2.13. The van der Waals surface area contributed by atoms with Gasteiger partial charge < -0.3 is 10.4 Å². The smallest absolute Gasteiger partial charge is 0.254 e. The molecule has 2 rings (SSSR count). The van der Waals surface area contributed by atoms with Crippen molar-refractivity contribution in [3.8, 4) is 0 Å². The summed E-state index contributed by atoms with van der Waals surface area (Å²) in [7, 11) is 0. The summed E-state index contributed by atoms with van der Waals surface area (Å²) in [4.78, 5) is 15.7. The number of aromatic nitrogens is 1. The number of amides is 1. The Morgan fingerprint density at radius 3 is 2.77 bits per heavy atom. The molecule has 2 N–H and O–H groups in total. The standard InChI is InChI=1S/C15H13ClF2N2O2/c1-15(22,11-5-4-9(17)7-12(11)18)8-20-14(21)10-3-2-6-19-13(10)16/h2-7,22H,8H2,1H3,(H,20,21). The summed E-state index contributed by atoms with van der Waals surface area (Å²) < 4.78 is 26.6. The second-order valence-electron chi connectivity index (χ2n) is 4.92. The highest BCUT2D eigenvalue weighted by molar-refractivity contribution is 6.32. The van der Waals surface area contributed by atoms with Gasteiger partial charge in [0.2, 0.25) is 0 Å². The molecule has 2 aromatic rings. The number of carbonyl (C=O) groups excluding carboxylic acids is 1. The van der Waals surface area contributed by atoms with Gasteiger partial charge in [0.15, 0.2) is 0 Å². The number of benzene rings is 1. The SMILES string of the molecule is CC(O)(CNC(=O)c1cccnc1Cl)c1ccc(F)cc1F. The Morgan fingerprint density at radius 1 is 1.41 bits per heavy atom. The molecule has 7 heteroatoms. The van der Waals surface area contributed by atoms with Crippen LogP contribution in [0.5, 0.6) is 0 Å².